The van der Waals surface area contributed by atoms with Crippen LogP contribution in [-0.4, -0.2) is 35.6 Å². The Bertz CT molecular complexity index is 589. The highest BCUT2D eigenvalue weighted by Crippen LogP contribution is 2.23. The minimum absolute atomic E-state index is 0.354. The first-order valence-electron chi connectivity index (χ1n) is 7.93. The summed E-state index contributed by atoms with van der Waals surface area (Å²) >= 11 is 0. The first kappa shape index (κ1) is 14.3. The lowest BCUT2D eigenvalue weighted by molar-refractivity contribution is 0.0942. The first-order valence-corrected chi connectivity index (χ1v) is 7.93. The van der Waals surface area contributed by atoms with Crippen LogP contribution in [0.4, 0.5) is 0 Å². The predicted molar refractivity (Wildman–Crippen MR) is 86.7 cm³/mol. The third-order valence-corrected chi connectivity index (χ3v) is 4.07. The number of benzene rings is 1. The summed E-state index contributed by atoms with van der Waals surface area (Å²) in [6.07, 6.45) is 6.33. The first-order chi connectivity index (χ1) is 10.2. The second kappa shape index (κ2) is 6.44. The monoisotopic (exact) mass is 284 g/mol. The van der Waals surface area contributed by atoms with Crippen LogP contribution in [0.3, 0.4) is 0 Å². The fourth-order valence-electron chi connectivity index (χ4n) is 3.05. The molecule has 0 N–H and O–H groups in total. The number of hydrogen-bond acceptors (Lipinski definition) is 3. The van der Waals surface area contributed by atoms with E-state index >= 15 is 0 Å². The number of ether oxygens (including phenoxy) is 1. The molecule has 3 rings (SSSR count). The molecule has 2 aromatic rings. The molecule has 0 atom stereocenters. The Kier molecular flexibility index (Phi) is 4.39. The van der Waals surface area contributed by atoms with Crippen molar-refractivity contribution in [2.75, 3.05) is 19.6 Å². The van der Waals surface area contributed by atoms with Crippen molar-refractivity contribution in [3.8, 4) is 5.75 Å². The average molecular weight is 284 g/mol. The van der Waals surface area contributed by atoms with E-state index in [-0.39, 0.29) is 0 Å². The molecule has 21 heavy (non-hydrogen) atoms. The number of likely N-dealkylation sites (tertiary alicyclic amines) is 1. The molecule has 1 aromatic heterocycles. The van der Waals surface area contributed by atoms with Gasteiger partial charge in [-0.15, -0.1) is 0 Å². The molecular weight excluding hydrogens is 260 g/mol. The number of pyridine rings is 1. The van der Waals surface area contributed by atoms with Crippen molar-refractivity contribution in [3.63, 3.8) is 0 Å². The van der Waals surface area contributed by atoms with Crippen molar-refractivity contribution in [1.29, 1.82) is 0 Å². The molecule has 1 fully saturated rings. The normalized spacial score (nSPS) is 17.5. The van der Waals surface area contributed by atoms with Gasteiger partial charge in [-0.1, -0.05) is 13.8 Å². The Balaban J connectivity index is 1.59. The summed E-state index contributed by atoms with van der Waals surface area (Å²) < 4.78 is 6.17. The molecule has 0 bridgehead atoms. The fraction of sp³-hybridized carbons (Fsp3) is 0.500. The summed E-state index contributed by atoms with van der Waals surface area (Å²) in [4.78, 5) is 6.70. The SMILES string of the molecule is CC(C)CN1CCC(Oc2ccc3cnccc3c2)CC1. The number of rotatable bonds is 4. The van der Waals surface area contributed by atoms with Gasteiger partial charge in [0.05, 0.1) is 0 Å². The standard InChI is InChI=1S/C18H24N2O/c1-14(2)13-20-9-6-17(7-10-20)21-18-4-3-16-12-19-8-5-15(16)11-18/h3-5,8,11-12,14,17H,6-7,9-10,13H2,1-2H3. The smallest absolute Gasteiger partial charge is 0.120 e. The van der Waals surface area contributed by atoms with Crippen LogP contribution < -0.4 is 4.74 Å². The zero-order valence-electron chi connectivity index (χ0n) is 13.0. The second-order valence-electron chi connectivity index (χ2n) is 6.40. The summed E-state index contributed by atoms with van der Waals surface area (Å²) in [5.74, 6) is 1.73. The topological polar surface area (TPSA) is 25.4 Å². The maximum atomic E-state index is 6.17. The maximum Gasteiger partial charge on any atom is 0.120 e. The number of fused-ring (bicyclic) bond motifs is 1. The fourth-order valence-corrected chi connectivity index (χ4v) is 3.05. The minimum atomic E-state index is 0.354. The van der Waals surface area contributed by atoms with Crippen molar-refractivity contribution >= 4 is 10.8 Å². The van der Waals surface area contributed by atoms with E-state index in [9.17, 15) is 0 Å². The molecule has 1 saturated heterocycles. The molecule has 1 aliphatic rings. The number of nitrogens with zero attached hydrogens (tertiary/aromatic N) is 2. The van der Waals surface area contributed by atoms with E-state index < -0.39 is 0 Å². The van der Waals surface area contributed by atoms with Crippen molar-refractivity contribution < 1.29 is 4.74 Å². The van der Waals surface area contributed by atoms with Crippen LogP contribution in [0.25, 0.3) is 10.8 Å². The Labute approximate surface area is 126 Å². The predicted octanol–water partition coefficient (Wildman–Crippen LogP) is 3.73. The lowest BCUT2D eigenvalue weighted by Gasteiger charge is -2.33. The highest BCUT2D eigenvalue weighted by atomic mass is 16.5. The summed E-state index contributed by atoms with van der Waals surface area (Å²) in [6.45, 7) is 8.08. The summed E-state index contributed by atoms with van der Waals surface area (Å²) in [6, 6.07) is 8.31. The van der Waals surface area contributed by atoms with Crippen LogP contribution in [0, 0.1) is 5.92 Å². The van der Waals surface area contributed by atoms with Gasteiger partial charge in [0.1, 0.15) is 11.9 Å². The molecular formula is C18H24N2O. The summed E-state index contributed by atoms with van der Waals surface area (Å²) in [5.41, 5.74) is 0. The highest BCUT2D eigenvalue weighted by Gasteiger charge is 2.20. The van der Waals surface area contributed by atoms with E-state index in [1.165, 1.54) is 11.9 Å². The summed E-state index contributed by atoms with van der Waals surface area (Å²) in [5, 5.41) is 2.36. The van der Waals surface area contributed by atoms with Gasteiger partial charge in [0, 0.05) is 37.4 Å². The van der Waals surface area contributed by atoms with Crippen molar-refractivity contribution in [2.24, 2.45) is 5.92 Å². The third kappa shape index (κ3) is 3.73. The van der Waals surface area contributed by atoms with Gasteiger partial charge in [-0.25, -0.2) is 0 Å². The maximum absolute atomic E-state index is 6.17. The van der Waals surface area contributed by atoms with Crippen LogP contribution >= 0.6 is 0 Å². The molecule has 0 unspecified atom stereocenters. The van der Waals surface area contributed by atoms with Gasteiger partial charge in [0.25, 0.3) is 0 Å². The molecule has 0 amide bonds. The van der Waals surface area contributed by atoms with E-state index in [1.807, 2.05) is 18.5 Å². The third-order valence-electron chi connectivity index (χ3n) is 4.07. The molecule has 0 aliphatic carbocycles. The van der Waals surface area contributed by atoms with Crippen LogP contribution in [-0.2, 0) is 0 Å². The van der Waals surface area contributed by atoms with E-state index in [0.717, 1.165) is 43.0 Å². The van der Waals surface area contributed by atoms with Crippen molar-refractivity contribution in [3.05, 3.63) is 36.7 Å². The number of aromatic nitrogens is 1. The van der Waals surface area contributed by atoms with Gasteiger partial charge in [-0.3, -0.25) is 4.98 Å². The van der Waals surface area contributed by atoms with Gasteiger partial charge in [0.2, 0.25) is 0 Å². The van der Waals surface area contributed by atoms with Gasteiger partial charge in [-0.2, -0.15) is 0 Å². The Hall–Kier alpha value is -1.61. The quantitative estimate of drug-likeness (QED) is 0.855. The van der Waals surface area contributed by atoms with Gasteiger partial charge >= 0.3 is 0 Å². The van der Waals surface area contributed by atoms with Crippen molar-refractivity contribution in [2.45, 2.75) is 32.8 Å². The lowest BCUT2D eigenvalue weighted by atomic mass is 10.1. The lowest BCUT2D eigenvalue weighted by Crippen LogP contribution is -2.39. The molecule has 3 nitrogen and oxygen atoms in total. The van der Waals surface area contributed by atoms with Crippen LogP contribution in [0.1, 0.15) is 26.7 Å². The van der Waals surface area contributed by atoms with Crippen LogP contribution in [0.5, 0.6) is 5.75 Å². The van der Waals surface area contributed by atoms with E-state index in [2.05, 4.69) is 41.9 Å². The molecule has 1 aromatic carbocycles. The number of piperidine rings is 1. The van der Waals surface area contributed by atoms with Gasteiger partial charge in [-0.05, 0) is 48.4 Å². The zero-order chi connectivity index (χ0) is 14.7. The van der Waals surface area contributed by atoms with E-state index in [0.29, 0.717) is 6.10 Å². The second-order valence-corrected chi connectivity index (χ2v) is 6.40. The molecule has 3 heteroatoms. The molecule has 1 aliphatic heterocycles. The molecule has 0 radical (unpaired) electrons. The molecule has 0 spiro atoms. The van der Waals surface area contributed by atoms with Crippen LogP contribution in [0.2, 0.25) is 0 Å². The number of hydrogen-bond donors (Lipinski definition) is 0. The molecule has 2 heterocycles. The molecule has 112 valence electrons. The highest BCUT2D eigenvalue weighted by molar-refractivity contribution is 5.82. The molecule has 0 saturated carbocycles. The Morgan fingerprint density at radius 1 is 1.19 bits per heavy atom. The van der Waals surface area contributed by atoms with Crippen molar-refractivity contribution in [1.82, 2.24) is 9.88 Å². The average Bonchev–Trinajstić information content (AvgIpc) is 2.49. The largest absolute Gasteiger partial charge is 0.490 e. The van der Waals surface area contributed by atoms with Gasteiger partial charge < -0.3 is 9.64 Å². The Morgan fingerprint density at radius 3 is 2.76 bits per heavy atom. The Morgan fingerprint density at radius 2 is 2.00 bits per heavy atom. The minimum Gasteiger partial charge on any atom is -0.490 e. The van der Waals surface area contributed by atoms with E-state index in [1.54, 1.807) is 0 Å². The van der Waals surface area contributed by atoms with E-state index in [4.69, 9.17) is 4.74 Å². The van der Waals surface area contributed by atoms with Gasteiger partial charge in [0.15, 0.2) is 0 Å². The van der Waals surface area contributed by atoms with Crippen LogP contribution in [0.15, 0.2) is 36.7 Å². The zero-order valence-corrected chi connectivity index (χ0v) is 13.0. The summed E-state index contributed by atoms with van der Waals surface area (Å²) in [7, 11) is 0.